The quantitative estimate of drug-likeness (QED) is 0.848. The molecule has 0 amide bonds. The van der Waals surface area contributed by atoms with Crippen LogP contribution in [0.5, 0.6) is 0 Å². The SMILES string of the molecule is c1cncc(CN2Cc3ccnn3CC(OCC3CC3)C2)c1. The van der Waals surface area contributed by atoms with E-state index in [1.54, 1.807) is 0 Å². The molecule has 0 spiro atoms. The van der Waals surface area contributed by atoms with E-state index in [0.717, 1.165) is 38.7 Å². The standard InChI is InChI=1S/C17H22N4O/c1-2-15(8-18-6-1)9-20-10-16-5-7-19-21(16)12-17(11-20)22-13-14-3-4-14/h1-2,5-8,14,17H,3-4,9-13H2. The van der Waals surface area contributed by atoms with Gasteiger partial charge in [-0.2, -0.15) is 5.10 Å². The number of ether oxygens (including phenoxy) is 1. The Hall–Kier alpha value is -1.72. The predicted molar refractivity (Wildman–Crippen MR) is 83.0 cm³/mol. The summed E-state index contributed by atoms with van der Waals surface area (Å²) in [5.74, 6) is 0.798. The number of fused-ring (bicyclic) bond motifs is 1. The van der Waals surface area contributed by atoms with Crippen LogP contribution in [0.25, 0.3) is 0 Å². The molecule has 1 saturated carbocycles. The van der Waals surface area contributed by atoms with E-state index >= 15 is 0 Å². The van der Waals surface area contributed by atoms with Crippen LogP contribution < -0.4 is 0 Å². The molecule has 2 aromatic heterocycles. The molecule has 3 heterocycles. The lowest BCUT2D eigenvalue weighted by molar-refractivity contribution is 0.0123. The Labute approximate surface area is 130 Å². The molecule has 5 heteroatoms. The van der Waals surface area contributed by atoms with Crippen LogP contribution in [0.15, 0.2) is 36.8 Å². The Bertz CT molecular complexity index is 608. The minimum absolute atomic E-state index is 0.221. The van der Waals surface area contributed by atoms with Crippen molar-refractivity contribution in [2.75, 3.05) is 13.2 Å². The van der Waals surface area contributed by atoms with Crippen LogP contribution in [0.4, 0.5) is 0 Å². The number of hydrogen-bond acceptors (Lipinski definition) is 4. The van der Waals surface area contributed by atoms with Gasteiger partial charge in [-0.25, -0.2) is 0 Å². The van der Waals surface area contributed by atoms with E-state index < -0.39 is 0 Å². The Kier molecular flexibility index (Phi) is 3.91. The topological polar surface area (TPSA) is 43.2 Å². The van der Waals surface area contributed by atoms with E-state index in [1.807, 2.05) is 24.7 Å². The molecule has 1 fully saturated rings. The molecule has 1 atom stereocenters. The second-order valence-corrected chi connectivity index (χ2v) is 6.43. The van der Waals surface area contributed by atoms with Gasteiger partial charge in [-0.05, 0) is 36.5 Å². The van der Waals surface area contributed by atoms with Crippen LogP contribution in [0, 0.1) is 5.92 Å². The molecule has 2 aromatic rings. The maximum Gasteiger partial charge on any atom is 0.0897 e. The second-order valence-electron chi connectivity index (χ2n) is 6.43. The minimum atomic E-state index is 0.221. The van der Waals surface area contributed by atoms with Gasteiger partial charge in [0, 0.05) is 44.8 Å². The third kappa shape index (κ3) is 3.36. The molecule has 0 radical (unpaired) electrons. The lowest BCUT2D eigenvalue weighted by Gasteiger charge is -2.24. The van der Waals surface area contributed by atoms with Crippen molar-refractivity contribution in [3.63, 3.8) is 0 Å². The number of rotatable bonds is 5. The summed E-state index contributed by atoms with van der Waals surface area (Å²) in [6, 6.07) is 6.24. The van der Waals surface area contributed by atoms with E-state index in [1.165, 1.54) is 24.1 Å². The van der Waals surface area contributed by atoms with Crippen molar-refractivity contribution in [3.8, 4) is 0 Å². The van der Waals surface area contributed by atoms with Crippen LogP contribution >= 0.6 is 0 Å². The van der Waals surface area contributed by atoms with Gasteiger partial charge in [0.25, 0.3) is 0 Å². The van der Waals surface area contributed by atoms with Gasteiger partial charge in [-0.1, -0.05) is 6.07 Å². The first kappa shape index (κ1) is 13.9. The Morgan fingerprint density at radius 1 is 1.18 bits per heavy atom. The minimum Gasteiger partial charge on any atom is -0.375 e. The normalized spacial score (nSPS) is 22.3. The van der Waals surface area contributed by atoms with E-state index in [-0.39, 0.29) is 6.10 Å². The Balaban J connectivity index is 1.47. The summed E-state index contributed by atoms with van der Waals surface area (Å²) in [4.78, 5) is 6.66. The van der Waals surface area contributed by atoms with Gasteiger partial charge in [-0.3, -0.25) is 14.6 Å². The first-order chi connectivity index (χ1) is 10.9. The highest BCUT2D eigenvalue weighted by Crippen LogP contribution is 2.29. The average Bonchev–Trinajstić information content (AvgIpc) is 3.29. The fraction of sp³-hybridized carbons (Fsp3) is 0.529. The molecule has 1 aliphatic heterocycles. The van der Waals surface area contributed by atoms with Crippen molar-refractivity contribution >= 4 is 0 Å². The molecular weight excluding hydrogens is 276 g/mol. The van der Waals surface area contributed by atoms with Crippen LogP contribution in [0.2, 0.25) is 0 Å². The third-order valence-corrected chi connectivity index (χ3v) is 4.42. The molecule has 0 saturated heterocycles. The maximum absolute atomic E-state index is 6.16. The van der Waals surface area contributed by atoms with E-state index in [4.69, 9.17) is 4.74 Å². The van der Waals surface area contributed by atoms with E-state index in [0.29, 0.717) is 0 Å². The zero-order valence-electron chi connectivity index (χ0n) is 12.8. The van der Waals surface area contributed by atoms with Gasteiger partial charge in [0.2, 0.25) is 0 Å². The molecule has 116 valence electrons. The van der Waals surface area contributed by atoms with Gasteiger partial charge in [-0.15, -0.1) is 0 Å². The second kappa shape index (κ2) is 6.18. The average molecular weight is 298 g/mol. The third-order valence-electron chi connectivity index (χ3n) is 4.42. The predicted octanol–water partition coefficient (Wildman–Crippen LogP) is 2.09. The molecule has 4 rings (SSSR count). The number of nitrogens with zero attached hydrogens (tertiary/aromatic N) is 4. The monoisotopic (exact) mass is 298 g/mol. The van der Waals surface area contributed by atoms with Gasteiger partial charge in [0.05, 0.1) is 18.3 Å². The highest BCUT2D eigenvalue weighted by Gasteiger charge is 2.26. The number of aromatic nitrogens is 3. The van der Waals surface area contributed by atoms with Gasteiger partial charge >= 0.3 is 0 Å². The molecule has 0 aromatic carbocycles. The van der Waals surface area contributed by atoms with E-state index in [9.17, 15) is 0 Å². The van der Waals surface area contributed by atoms with Crippen molar-refractivity contribution in [1.82, 2.24) is 19.7 Å². The summed E-state index contributed by atoms with van der Waals surface area (Å²) in [5, 5.41) is 4.45. The lowest BCUT2D eigenvalue weighted by atomic mass is 10.2. The smallest absolute Gasteiger partial charge is 0.0897 e. The highest BCUT2D eigenvalue weighted by atomic mass is 16.5. The zero-order chi connectivity index (χ0) is 14.8. The largest absolute Gasteiger partial charge is 0.375 e. The molecule has 0 N–H and O–H groups in total. The van der Waals surface area contributed by atoms with E-state index in [2.05, 4.69) is 31.8 Å². The van der Waals surface area contributed by atoms with Gasteiger partial charge in [0.15, 0.2) is 0 Å². The summed E-state index contributed by atoms with van der Waals surface area (Å²) in [6.45, 7) is 4.53. The summed E-state index contributed by atoms with van der Waals surface area (Å²) >= 11 is 0. The van der Waals surface area contributed by atoms with Crippen molar-refractivity contribution in [2.24, 2.45) is 5.92 Å². The Morgan fingerprint density at radius 3 is 2.95 bits per heavy atom. The van der Waals surface area contributed by atoms with Crippen LogP contribution in [0.1, 0.15) is 24.1 Å². The molecule has 1 aliphatic carbocycles. The fourth-order valence-electron chi connectivity index (χ4n) is 3.02. The van der Waals surface area contributed by atoms with Crippen molar-refractivity contribution < 1.29 is 4.74 Å². The molecular formula is C17H22N4O. The molecule has 22 heavy (non-hydrogen) atoms. The summed E-state index contributed by atoms with van der Waals surface area (Å²) in [7, 11) is 0. The van der Waals surface area contributed by atoms with Crippen molar-refractivity contribution in [3.05, 3.63) is 48.0 Å². The van der Waals surface area contributed by atoms with Gasteiger partial charge < -0.3 is 4.74 Å². The maximum atomic E-state index is 6.16. The fourth-order valence-corrected chi connectivity index (χ4v) is 3.02. The summed E-state index contributed by atoms with van der Waals surface area (Å²) < 4.78 is 8.26. The van der Waals surface area contributed by atoms with Crippen LogP contribution in [-0.4, -0.2) is 38.9 Å². The first-order valence-electron chi connectivity index (χ1n) is 8.10. The Morgan fingerprint density at radius 2 is 2.14 bits per heavy atom. The van der Waals surface area contributed by atoms with Crippen LogP contribution in [0.3, 0.4) is 0 Å². The van der Waals surface area contributed by atoms with Crippen molar-refractivity contribution in [2.45, 2.75) is 38.6 Å². The number of hydrogen-bond donors (Lipinski definition) is 0. The molecule has 1 unspecified atom stereocenters. The highest BCUT2D eigenvalue weighted by molar-refractivity contribution is 5.10. The summed E-state index contributed by atoms with van der Waals surface area (Å²) in [6.07, 6.45) is 8.54. The molecule has 5 nitrogen and oxygen atoms in total. The van der Waals surface area contributed by atoms with Crippen LogP contribution in [-0.2, 0) is 24.4 Å². The zero-order valence-corrected chi connectivity index (χ0v) is 12.8. The summed E-state index contributed by atoms with van der Waals surface area (Å²) in [5.41, 5.74) is 2.51. The van der Waals surface area contributed by atoms with Gasteiger partial charge in [0.1, 0.15) is 0 Å². The molecule has 2 aliphatic rings. The molecule has 0 bridgehead atoms. The lowest BCUT2D eigenvalue weighted by Crippen LogP contribution is -2.33. The number of pyridine rings is 1. The first-order valence-corrected chi connectivity index (χ1v) is 8.10. The van der Waals surface area contributed by atoms with Crippen molar-refractivity contribution in [1.29, 1.82) is 0 Å².